The van der Waals surface area contributed by atoms with Crippen molar-refractivity contribution in [1.29, 1.82) is 0 Å². The molecule has 4 aromatic rings. The zero-order valence-electron chi connectivity index (χ0n) is 22.5. The van der Waals surface area contributed by atoms with Gasteiger partial charge in [0.2, 0.25) is 0 Å². The Morgan fingerprint density at radius 1 is 1.14 bits per heavy atom. The summed E-state index contributed by atoms with van der Waals surface area (Å²) in [7, 11) is 1.90. The number of rotatable bonds is 9. The molecular weight excluding hydrogens is 486 g/mol. The summed E-state index contributed by atoms with van der Waals surface area (Å²) < 4.78 is 3.58. The van der Waals surface area contributed by atoms with E-state index in [0.717, 1.165) is 41.6 Å². The van der Waals surface area contributed by atoms with Gasteiger partial charge in [-0.25, -0.2) is 4.98 Å². The van der Waals surface area contributed by atoms with Crippen LogP contribution >= 0.6 is 11.6 Å². The first-order valence-corrected chi connectivity index (χ1v) is 13.4. The second-order valence-corrected chi connectivity index (χ2v) is 9.66. The molecule has 0 aliphatic heterocycles. The number of aryl methyl sites for hydroxylation is 2. The first-order valence-electron chi connectivity index (χ1n) is 13.0. The third-order valence-corrected chi connectivity index (χ3v) is 6.59. The number of aliphatic hydroxyl groups is 1. The molecule has 7 nitrogen and oxygen atoms in total. The van der Waals surface area contributed by atoms with Crippen LogP contribution in [-0.2, 0) is 7.05 Å². The average molecular weight is 524 g/mol. The lowest BCUT2D eigenvalue weighted by molar-refractivity contribution is 0.0952. The van der Waals surface area contributed by atoms with Crippen molar-refractivity contribution >= 4 is 23.2 Å². The number of halogens is 1. The van der Waals surface area contributed by atoms with Crippen molar-refractivity contribution in [2.24, 2.45) is 13.0 Å². The lowest BCUT2D eigenvalue weighted by Crippen LogP contribution is -2.25. The number of nitrogens with zero attached hydrogens (tertiary/aromatic N) is 4. The maximum absolute atomic E-state index is 12.7. The minimum Gasteiger partial charge on any atom is -0.396 e. The molecule has 1 atom stereocenters. The van der Waals surface area contributed by atoms with Gasteiger partial charge in [0.1, 0.15) is 16.5 Å². The molecule has 2 N–H and O–H groups in total. The highest BCUT2D eigenvalue weighted by Gasteiger charge is 2.19. The molecule has 0 bridgehead atoms. The van der Waals surface area contributed by atoms with E-state index in [1.54, 1.807) is 27.4 Å². The molecule has 0 aliphatic rings. The summed E-state index contributed by atoms with van der Waals surface area (Å²) >= 11 is 6.75. The smallest absolute Gasteiger partial charge is 0.251 e. The number of amides is 1. The Hall–Kier alpha value is -3.16. The van der Waals surface area contributed by atoms with E-state index in [1.807, 2.05) is 44.4 Å². The largest absolute Gasteiger partial charge is 0.396 e. The standard InChI is InChI=1S/C26H30ClN5O2.C3H8/c1-4-18(16-33)8-7-12-28-26(34)19-11-13-32-23(14-19)29-24(25(32)27)21-10-6-5-9-20(21)22-15-31(3)30-17(22)2;1-3-2/h5-6,9-11,13-15,18,33H,4,7-8,12,16H2,1-3H3,(H,28,34);3H2,1-2H3/t18-;/m0./s1. The van der Waals surface area contributed by atoms with E-state index in [2.05, 4.69) is 31.2 Å². The SMILES string of the molecule is CCC.CC[C@H](CO)CCCNC(=O)c1ccn2c(Cl)c(-c3ccccc3-c3cn(C)nc3C)nc2c1. The summed E-state index contributed by atoms with van der Waals surface area (Å²) in [5.74, 6) is 0.142. The van der Waals surface area contributed by atoms with Gasteiger partial charge in [-0.2, -0.15) is 5.10 Å². The fourth-order valence-corrected chi connectivity index (χ4v) is 4.52. The van der Waals surface area contributed by atoms with Gasteiger partial charge in [-0.15, -0.1) is 0 Å². The van der Waals surface area contributed by atoms with E-state index >= 15 is 0 Å². The van der Waals surface area contributed by atoms with Gasteiger partial charge in [0.15, 0.2) is 0 Å². The van der Waals surface area contributed by atoms with E-state index in [9.17, 15) is 9.90 Å². The van der Waals surface area contributed by atoms with Gasteiger partial charge in [-0.05, 0) is 43.4 Å². The van der Waals surface area contributed by atoms with Crippen LogP contribution in [0.5, 0.6) is 0 Å². The Bertz CT molecular complexity index is 1320. The number of fused-ring (bicyclic) bond motifs is 1. The third-order valence-electron chi connectivity index (χ3n) is 6.23. The summed E-state index contributed by atoms with van der Waals surface area (Å²) in [4.78, 5) is 17.5. The van der Waals surface area contributed by atoms with Crippen LogP contribution in [0.15, 0.2) is 48.8 Å². The van der Waals surface area contributed by atoms with E-state index in [-0.39, 0.29) is 18.4 Å². The van der Waals surface area contributed by atoms with Gasteiger partial charge in [0, 0.05) is 49.3 Å². The Balaban J connectivity index is 0.00000121. The molecule has 0 saturated heterocycles. The van der Waals surface area contributed by atoms with Crippen LogP contribution in [0.3, 0.4) is 0 Å². The lowest BCUT2D eigenvalue weighted by Gasteiger charge is -2.11. The molecule has 4 rings (SSSR count). The fraction of sp³-hybridized carbons (Fsp3) is 0.414. The van der Waals surface area contributed by atoms with Crippen LogP contribution in [0.4, 0.5) is 0 Å². The molecule has 0 radical (unpaired) electrons. The normalized spacial score (nSPS) is 11.8. The number of hydrogen-bond donors (Lipinski definition) is 2. The highest BCUT2D eigenvalue weighted by molar-refractivity contribution is 6.32. The summed E-state index contributed by atoms with van der Waals surface area (Å²) in [6, 6.07) is 11.5. The molecule has 3 aromatic heterocycles. The summed E-state index contributed by atoms with van der Waals surface area (Å²) in [5, 5.41) is 17.2. The first kappa shape index (κ1) is 28.4. The van der Waals surface area contributed by atoms with Gasteiger partial charge in [-0.1, -0.05) is 69.5 Å². The minimum absolute atomic E-state index is 0.147. The highest BCUT2D eigenvalue weighted by Crippen LogP contribution is 2.37. The molecule has 0 unspecified atom stereocenters. The maximum Gasteiger partial charge on any atom is 0.251 e. The second-order valence-electron chi connectivity index (χ2n) is 9.30. The van der Waals surface area contributed by atoms with Crippen LogP contribution in [-0.4, -0.2) is 43.3 Å². The monoisotopic (exact) mass is 523 g/mol. The average Bonchev–Trinajstić information content (AvgIpc) is 3.41. The number of nitrogens with one attached hydrogen (secondary N) is 1. The number of imidazole rings is 1. The van der Waals surface area contributed by atoms with Gasteiger partial charge in [-0.3, -0.25) is 13.9 Å². The van der Waals surface area contributed by atoms with Crippen molar-refractivity contribution in [3.63, 3.8) is 0 Å². The van der Waals surface area contributed by atoms with Crippen molar-refractivity contribution in [2.75, 3.05) is 13.2 Å². The molecule has 8 heteroatoms. The Morgan fingerprint density at radius 3 is 2.46 bits per heavy atom. The molecule has 1 amide bonds. The van der Waals surface area contributed by atoms with Gasteiger partial charge >= 0.3 is 0 Å². The fourth-order valence-electron chi connectivity index (χ4n) is 4.24. The molecule has 3 heterocycles. The molecule has 37 heavy (non-hydrogen) atoms. The van der Waals surface area contributed by atoms with Gasteiger partial charge < -0.3 is 10.4 Å². The van der Waals surface area contributed by atoms with Crippen molar-refractivity contribution in [3.8, 4) is 22.4 Å². The van der Waals surface area contributed by atoms with Crippen molar-refractivity contribution in [3.05, 3.63) is 65.2 Å². The van der Waals surface area contributed by atoms with E-state index in [0.29, 0.717) is 28.6 Å². The Labute approximate surface area is 224 Å². The van der Waals surface area contributed by atoms with Crippen molar-refractivity contribution in [1.82, 2.24) is 24.5 Å². The number of carbonyl (C=O) groups excluding carboxylic acids is 1. The minimum atomic E-state index is -0.147. The predicted octanol–water partition coefficient (Wildman–Crippen LogP) is 6.31. The lowest BCUT2D eigenvalue weighted by atomic mass is 9.99. The quantitative estimate of drug-likeness (QED) is 0.252. The predicted molar refractivity (Wildman–Crippen MR) is 151 cm³/mol. The van der Waals surface area contributed by atoms with Crippen LogP contribution < -0.4 is 5.32 Å². The van der Waals surface area contributed by atoms with Crippen LogP contribution in [0.2, 0.25) is 5.15 Å². The van der Waals surface area contributed by atoms with Crippen LogP contribution in [0, 0.1) is 12.8 Å². The van der Waals surface area contributed by atoms with Crippen LogP contribution in [0.25, 0.3) is 28.0 Å². The highest BCUT2D eigenvalue weighted by atomic mass is 35.5. The molecule has 0 aliphatic carbocycles. The van der Waals surface area contributed by atoms with E-state index in [4.69, 9.17) is 16.6 Å². The number of aromatic nitrogens is 4. The van der Waals surface area contributed by atoms with E-state index in [1.165, 1.54) is 6.42 Å². The summed E-state index contributed by atoms with van der Waals surface area (Å²) in [5.41, 5.74) is 5.67. The molecule has 0 fully saturated rings. The number of carbonyl (C=O) groups is 1. The van der Waals surface area contributed by atoms with Gasteiger partial charge in [0.25, 0.3) is 5.91 Å². The Morgan fingerprint density at radius 2 is 1.84 bits per heavy atom. The molecule has 1 aromatic carbocycles. The Kier molecular flexibility index (Phi) is 10.3. The van der Waals surface area contributed by atoms with Crippen molar-refractivity contribution < 1.29 is 9.90 Å². The van der Waals surface area contributed by atoms with Crippen molar-refractivity contribution in [2.45, 2.75) is 53.4 Å². The zero-order valence-corrected chi connectivity index (χ0v) is 23.2. The first-order chi connectivity index (χ1) is 17.8. The van der Waals surface area contributed by atoms with Crippen LogP contribution in [0.1, 0.15) is 62.5 Å². The zero-order chi connectivity index (χ0) is 26.9. The molecule has 198 valence electrons. The molecule has 0 spiro atoms. The second kappa shape index (κ2) is 13.4. The maximum atomic E-state index is 12.7. The summed E-state index contributed by atoms with van der Waals surface area (Å²) in [6.07, 6.45) is 7.68. The number of hydrogen-bond acceptors (Lipinski definition) is 4. The number of aliphatic hydroxyl groups excluding tert-OH is 1. The third kappa shape index (κ3) is 6.79. The number of benzene rings is 1. The molecular formula is C29H38ClN5O2. The van der Waals surface area contributed by atoms with E-state index < -0.39 is 0 Å². The van der Waals surface area contributed by atoms with Gasteiger partial charge in [0.05, 0.1) is 5.69 Å². The number of pyridine rings is 1. The molecule has 0 saturated carbocycles. The summed E-state index contributed by atoms with van der Waals surface area (Å²) in [6.45, 7) is 9.05. The topological polar surface area (TPSA) is 84.5 Å².